The summed E-state index contributed by atoms with van der Waals surface area (Å²) in [5.74, 6) is 0. The summed E-state index contributed by atoms with van der Waals surface area (Å²) in [6, 6.07) is 8.37. The molecule has 0 unspecified atom stereocenters. The van der Waals surface area contributed by atoms with Crippen LogP contribution in [-0.2, 0) is 10.0 Å². The average molecular weight is 302 g/mol. The third-order valence-electron chi connectivity index (χ3n) is 2.95. The highest BCUT2D eigenvalue weighted by atomic mass is 32.2. The Morgan fingerprint density at radius 2 is 2.24 bits per heavy atom. The van der Waals surface area contributed by atoms with Crippen LogP contribution in [0.5, 0.6) is 0 Å². The number of H-pyrrole nitrogens is 1. The van der Waals surface area contributed by atoms with Crippen molar-refractivity contribution in [2.75, 3.05) is 4.72 Å². The molecule has 0 aliphatic carbocycles. The lowest BCUT2D eigenvalue weighted by atomic mass is 10.2. The number of anilines is 1. The van der Waals surface area contributed by atoms with Gasteiger partial charge in [-0.3, -0.25) is 4.72 Å². The zero-order chi connectivity index (χ0) is 15.0. The molecule has 2 heterocycles. The van der Waals surface area contributed by atoms with Gasteiger partial charge in [0, 0.05) is 17.6 Å². The number of fused-ring (bicyclic) bond motifs is 1. The Morgan fingerprint density at radius 1 is 1.43 bits per heavy atom. The molecule has 0 radical (unpaired) electrons. The van der Waals surface area contributed by atoms with Crippen LogP contribution < -0.4 is 4.72 Å². The summed E-state index contributed by atoms with van der Waals surface area (Å²) in [5, 5.41) is 12.9. The minimum atomic E-state index is -3.86. The van der Waals surface area contributed by atoms with Gasteiger partial charge in [-0.25, -0.2) is 0 Å². The van der Waals surface area contributed by atoms with Crippen molar-refractivity contribution in [2.24, 2.45) is 0 Å². The van der Waals surface area contributed by atoms with Gasteiger partial charge in [0.25, 0.3) is 15.1 Å². The number of aromatic amines is 1. The average Bonchev–Trinajstić information content (AvgIpc) is 3.05. The van der Waals surface area contributed by atoms with Crippen molar-refractivity contribution >= 4 is 26.6 Å². The lowest BCUT2D eigenvalue weighted by Crippen LogP contribution is -2.12. The fourth-order valence-corrected chi connectivity index (χ4v) is 3.02. The first-order valence-corrected chi connectivity index (χ1v) is 7.46. The number of para-hydroxylation sites is 1. The predicted molar refractivity (Wildman–Crippen MR) is 75.1 cm³/mol. The largest absolute Gasteiger partial charge is 0.358 e. The molecular formula is C13H10N4O3S. The third-order valence-corrected chi connectivity index (χ3v) is 4.16. The standard InChI is InChI=1S/C13H10N4O3S/c1-8-5-12(20-16-8)21(18,19)17-11-4-2-3-10-9(6-14)7-15-13(10)11/h2-5,7,15,17H,1H3. The number of aryl methyl sites for hydroxylation is 1. The molecule has 0 bridgehead atoms. The van der Waals surface area contributed by atoms with Crippen LogP contribution in [0, 0.1) is 18.3 Å². The molecule has 7 nitrogen and oxygen atoms in total. The molecule has 0 atom stereocenters. The maximum atomic E-state index is 12.2. The molecule has 21 heavy (non-hydrogen) atoms. The van der Waals surface area contributed by atoms with Crippen molar-refractivity contribution in [2.45, 2.75) is 12.0 Å². The summed E-state index contributed by atoms with van der Waals surface area (Å²) >= 11 is 0. The van der Waals surface area contributed by atoms with Gasteiger partial charge in [0.1, 0.15) is 6.07 Å². The highest BCUT2D eigenvalue weighted by molar-refractivity contribution is 7.92. The Kier molecular flexibility index (Phi) is 2.92. The Balaban J connectivity index is 2.06. The van der Waals surface area contributed by atoms with Gasteiger partial charge in [-0.2, -0.15) is 13.7 Å². The number of nitriles is 1. The first-order chi connectivity index (χ1) is 10.0. The molecule has 106 valence electrons. The molecule has 0 aliphatic heterocycles. The molecule has 2 aromatic heterocycles. The van der Waals surface area contributed by atoms with Crippen LogP contribution in [0.1, 0.15) is 11.3 Å². The normalized spacial score (nSPS) is 11.4. The van der Waals surface area contributed by atoms with Crippen LogP contribution in [0.4, 0.5) is 5.69 Å². The summed E-state index contributed by atoms with van der Waals surface area (Å²) in [6.45, 7) is 1.63. The van der Waals surface area contributed by atoms with Crippen molar-refractivity contribution in [1.82, 2.24) is 10.1 Å². The van der Waals surface area contributed by atoms with Crippen molar-refractivity contribution in [3.63, 3.8) is 0 Å². The number of sulfonamides is 1. The SMILES string of the molecule is Cc1cc(S(=O)(=O)Nc2cccc3c(C#N)c[nH]c23)on1. The van der Waals surface area contributed by atoms with Crippen LogP contribution in [0.15, 0.2) is 40.1 Å². The molecule has 0 fully saturated rings. The molecule has 0 saturated carbocycles. The minimum Gasteiger partial charge on any atom is -0.358 e. The second-order valence-corrected chi connectivity index (χ2v) is 6.05. The van der Waals surface area contributed by atoms with E-state index >= 15 is 0 Å². The van der Waals surface area contributed by atoms with Gasteiger partial charge >= 0.3 is 0 Å². The topological polar surface area (TPSA) is 112 Å². The van der Waals surface area contributed by atoms with Crippen molar-refractivity contribution in [3.05, 3.63) is 41.7 Å². The van der Waals surface area contributed by atoms with Crippen LogP contribution in [-0.4, -0.2) is 18.6 Å². The lowest BCUT2D eigenvalue weighted by molar-refractivity contribution is 0.337. The highest BCUT2D eigenvalue weighted by Crippen LogP contribution is 2.27. The molecular weight excluding hydrogens is 292 g/mol. The summed E-state index contributed by atoms with van der Waals surface area (Å²) in [7, 11) is -3.86. The van der Waals surface area contributed by atoms with Gasteiger partial charge in [-0.1, -0.05) is 17.3 Å². The van der Waals surface area contributed by atoms with E-state index in [4.69, 9.17) is 9.78 Å². The fraction of sp³-hybridized carbons (Fsp3) is 0.0769. The Hall–Kier alpha value is -2.79. The highest BCUT2D eigenvalue weighted by Gasteiger charge is 2.21. The first kappa shape index (κ1) is 13.2. The molecule has 0 spiro atoms. The molecule has 8 heteroatoms. The predicted octanol–water partition coefficient (Wildman–Crippen LogP) is 2.14. The molecule has 3 rings (SSSR count). The second-order valence-electron chi connectivity index (χ2n) is 4.44. The minimum absolute atomic E-state index is 0.260. The molecule has 0 amide bonds. The monoisotopic (exact) mass is 302 g/mol. The number of nitrogens with zero attached hydrogens (tertiary/aromatic N) is 2. The van der Waals surface area contributed by atoms with E-state index in [-0.39, 0.29) is 5.09 Å². The summed E-state index contributed by atoms with van der Waals surface area (Å²) in [4.78, 5) is 2.89. The maximum absolute atomic E-state index is 12.2. The number of hydrogen-bond donors (Lipinski definition) is 2. The smallest absolute Gasteiger partial charge is 0.298 e. The molecule has 1 aromatic carbocycles. The Morgan fingerprint density at radius 3 is 2.90 bits per heavy atom. The number of aromatic nitrogens is 2. The molecule has 3 aromatic rings. The summed E-state index contributed by atoms with van der Waals surface area (Å²) in [5.41, 5.74) is 1.79. The van der Waals surface area contributed by atoms with E-state index in [9.17, 15) is 8.42 Å². The van der Waals surface area contributed by atoms with Crippen molar-refractivity contribution in [3.8, 4) is 6.07 Å². The summed E-state index contributed by atoms with van der Waals surface area (Å²) in [6.07, 6.45) is 1.53. The van der Waals surface area contributed by atoms with Gasteiger partial charge in [0.15, 0.2) is 0 Å². The number of benzene rings is 1. The number of hydrogen-bond acceptors (Lipinski definition) is 5. The van der Waals surface area contributed by atoms with E-state index in [1.807, 2.05) is 6.07 Å². The molecule has 0 aliphatic rings. The van der Waals surface area contributed by atoms with Gasteiger partial charge < -0.3 is 9.51 Å². The Bertz CT molecular complexity index is 963. The fourth-order valence-electron chi connectivity index (χ4n) is 1.99. The van der Waals surface area contributed by atoms with Gasteiger partial charge in [-0.15, -0.1) is 0 Å². The van der Waals surface area contributed by atoms with E-state index in [0.29, 0.717) is 27.8 Å². The van der Waals surface area contributed by atoms with Crippen LogP contribution in [0.25, 0.3) is 10.9 Å². The van der Waals surface area contributed by atoms with Crippen molar-refractivity contribution < 1.29 is 12.9 Å². The van der Waals surface area contributed by atoms with Gasteiger partial charge in [-0.05, 0) is 13.0 Å². The lowest BCUT2D eigenvalue weighted by Gasteiger charge is -2.06. The van der Waals surface area contributed by atoms with E-state index < -0.39 is 10.0 Å². The van der Waals surface area contributed by atoms with Gasteiger partial charge in [0.05, 0.1) is 22.5 Å². The van der Waals surface area contributed by atoms with Crippen LogP contribution >= 0.6 is 0 Å². The molecule has 0 saturated heterocycles. The first-order valence-electron chi connectivity index (χ1n) is 5.97. The molecule has 2 N–H and O–H groups in total. The van der Waals surface area contributed by atoms with Crippen LogP contribution in [0.2, 0.25) is 0 Å². The summed E-state index contributed by atoms with van der Waals surface area (Å²) < 4.78 is 31.6. The van der Waals surface area contributed by atoms with Crippen LogP contribution in [0.3, 0.4) is 0 Å². The van der Waals surface area contributed by atoms with Gasteiger partial charge in [0.2, 0.25) is 0 Å². The van der Waals surface area contributed by atoms with E-state index in [2.05, 4.69) is 14.9 Å². The zero-order valence-electron chi connectivity index (χ0n) is 10.9. The Labute approximate surface area is 120 Å². The van der Waals surface area contributed by atoms with E-state index in [1.54, 1.807) is 25.1 Å². The number of rotatable bonds is 3. The number of nitrogens with one attached hydrogen (secondary N) is 2. The zero-order valence-corrected chi connectivity index (χ0v) is 11.7. The second kappa shape index (κ2) is 4.64. The quantitative estimate of drug-likeness (QED) is 0.769. The van der Waals surface area contributed by atoms with E-state index in [1.165, 1.54) is 12.3 Å². The van der Waals surface area contributed by atoms with Crippen molar-refractivity contribution in [1.29, 1.82) is 5.26 Å². The maximum Gasteiger partial charge on any atom is 0.298 e. The van der Waals surface area contributed by atoms with E-state index in [0.717, 1.165) is 0 Å². The third kappa shape index (κ3) is 2.23.